The van der Waals surface area contributed by atoms with E-state index in [-0.39, 0.29) is 12.5 Å². The third-order valence-corrected chi connectivity index (χ3v) is 4.49. The van der Waals surface area contributed by atoms with Crippen molar-refractivity contribution in [3.8, 4) is 11.5 Å². The average Bonchev–Trinajstić information content (AvgIpc) is 2.81. The Hall–Kier alpha value is -3.80. The van der Waals surface area contributed by atoms with Crippen LogP contribution in [0.3, 0.4) is 0 Å². The van der Waals surface area contributed by atoms with E-state index in [1.165, 1.54) is 14.2 Å². The van der Waals surface area contributed by atoms with E-state index in [2.05, 4.69) is 5.32 Å². The number of carbonyl (C=O) groups is 2. The third-order valence-electron chi connectivity index (χ3n) is 4.49. The number of benzene rings is 3. The smallest absolute Gasteiger partial charge is 0.341 e. The van der Waals surface area contributed by atoms with E-state index < -0.39 is 5.97 Å². The molecular formula is C24H23NO5. The zero-order valence-corrected chi connectivity index (χ0v) is 16.9. The van der Waals surface area contributed by atoms with Crippen LogP contribution in [0.2, 0.25) is 0 Å². The molecule has 3 aromatic rings. The van der Waals surface area contributed by atoms with Crippen molar-refractivity contribution in [1.29, 1.82) is 0 Å². The van der Waals surface area contributed by atoms with Crippen molar-refractivity contribution in [2.75, 3.05) is 14.2 Å². The topological polar surface area (TPSA) is 73.9 Å². The number of para-hydroxylation sites is 1. The molecule has 1 amide bonds. The Morgan fingerprint density at radius 3 is 2.27 bits per heavy atom. The van der Waals surface area contributed by atoms with Gasteiger partial charge in [-0.25, -0.2) is 4.79 Å². The molecule has 6 nitrogen and oxygen atoms in total. The predicted octanol–water partition coefficient (Wildman–Crippen LogP) is 3.99. The molecule has 0 radical (unpaired) electrons. The number of carbonyl (C=O) groups excluding carboxylic acids is 2. The lowest BCUT2D eigenvalue weighted by atomic mass is 10.1. The highest BCUT2D eigenvalue weighted by Gasteiger charge is 2.15. The van der Waals surface area contributed by atoms with Crippen LogP contribution in [0.1, 0.15) is 31.8 Å². The molecule has 0 bridgehead atoms. The summed E-state index contributed by atoms with van der Waals surface area (Å²) in [6, 6.07) is 21.9. The highest BCUT2D eigenvalue weighted by Crippen LogP contribution is 2.22. The van der Waals surface area contributed by atoms with E-state index in [0.29, 0.717) is 29.2 Å². The molecule has 0 aliphatic carbocycles. The van der Waals surface area contributed by atoms with Crippen LogP contribution in [-0.4, -0.2) is 26.1 Å². The first-order valence-electron chi connectivity index (χ1n) is 9.41. The van der Waals surface area contributed by atoms with Gasteiger partial charge in [-0.1, -0.05) is 48.5 Å². The summed E-state index contributed by atoms with van der Waals surface area (Å²) >= 11 is 0. The van der Waals surface area contributed by atoms with Gasteiger partial charge in [0.1, 0.15) is 23.7 Å². The van der Waals surface area contributed by atoms with Gasteiger partial charge in [-0.2, -0.15) is 0 Å². The first-order valence-corrected chi connectivity index (χ1v) is 9.41. The SMILES string of the molecule is COC(=O)c1cc(CNC(=O)c2ccccc2OCc2ccccc2)ccc1OC. The first kappa shape index (κ1) is 20.9. The standard InChI is InChI=1S/C24H23NO5/c1-28-21-13-12-18(14-20(21)24(27)29-2)15-25-23(26)19-10-6-7-11-22(19)30-16-17-8-4-3-5-9-17/h3-14H,15-16H2,1-2H3,(H,25,26). The predicted molar refractivity (Wildman–Crippen MR) is 113 cm³/mol. The largest absolute Gasteiger partial charge is 0.496 e. The summed E-state index contributed by atoms with van der Waals surface area (Å²) in [5, 5.41) is 2.86. The maximum Gasteiger partial charge on any atom is 0.341 e. The molecule has 0 saturated carbocycles. The Labute approximate surface area is 175 Å². The highest BCUT2D eigenvalue weighted by molar-refractivity contribution is 5.97. The lowest BCUT2D eigenvalue weighted by Crippen LogP contribution is -2.23. The summed E-state index contributed by atoms with van der Waals surface area (Å²) < 4.78 is 15.8. The van der Waals surface area contributed by atoms with Crippen LogP contribution in [0.4, 0.5) is 0 Å². The van der Waals surface area contributed by atoms with Crippen molar-refractivity contribution < 1.29 is 23.8 Å². The number of methoxy groups -OCH3 is 2. The van der Waals surface area contributed by atoms with Gasteiger partial charge in [-0.05, 0) is 35.4 Å². The Morgan fingerprint density at radius 2 is 1.53 bits per heavy atom. The first-order chi connectivity index (χ1) is 14.6. The maximum absolute atomic E-state index is 12.7. The molecule has 3 rings (SSSR count). The minimum atomic E-state index is -0.500. The minimum Gasteiger partial charge on any atom is -0.496 e. The molecule has 0 aromatic heterocycles. The van der Waals surface area contributed by atoms with Crippen molar-refractivity contribution in [3.63, 3.8) is 0 Å². The van der Waals surface area contributed by atoms with Gasteiger partial charge in [-0.3, -0.25) is 4.79 Å². The van der Waals surface area contributed by atoms with E-state index in [9.17, 15) is 9.59 Å². The monoisotopic (exact) mass is 405 g/mol. The number of hydrogen-bond acceptors (Lipinski definition) is 5. The van der Waals surface area contributed by atoms with E-state index >= 15 is 0 Å². The molecule has 0 unspecified atom stereocenters. The molecule has 6 heteroatoms. The molecule has 3 aromatic carbocycles. The third kappa shape index (κ3) is 5.17. The van der Waals surface area contributed by atoms with Gasteiger partial charge in [-0.15, -0.1) is 0 Å². The summed E-state index contributed by atoms with van der Waals surface area (Å²) in [5.74, 6) is 0.147. The number of ether oxygens (including phenoxy) is 3. The Bertz CT molecular complexity index is 1020. The molecule has 154 valence electrons. The summed E-state index contributed by atoms with van der Waals surface area (Å²) in [4.78, 5) is 24.7. The van der Waals surface area contributed by atoms with E-state index in [0.717, 1.165) is 11.1 Å². The maximum atomic E-state index is 12.7. The lowest BCUT2D eigenvalue weighted by Gasteiger charge is -2.13. The summed E-state index contributed by atoms with van der Waals surface area (Å²) in [6.07, 6.45) is 0. The second-order valence-corrected chi connectivity index (χ2v) is 6.48. The molecule has 0 atom stereocenters. The summed E-state index contributed by atoms with van der Waals surface area (Å²) in [7, 11) is 2.79. The molecule has 0 aliphatic rings. The van der Waals surface area contributed by atoms with Crippen LogP contribution in [0.5, 0.6) is 11.5 Å². The Kier molecular flexibility index (Phi) is 7.05. The van der Waals surface area contributed by atoms with Gasteiger partial charge in [0.05, 0.1) is 19.8 Å². The van der Waals surface area contributed by atoms with Crippen LogP contribution in [0.15, 0.2) is 72.8 Å². The quantitative estimate of drug-likeness (QED) is 0.574. The number of hydrogen-bond donors (Lipinski definition) is 1. The summed E-state index contributed by atoms with van der Waals surface area (Å²) in [6.45, 7) is 0.603. The fraction of sp³-hybridized carbons (Fsp3) is 0.167. The van der Waals surface area contributed by atoms with Gasteiger partial charge < -0.3 is 19.5 Å². The van der Waals surface area contributed by atoms with Gasteiger partial charge in [0, 0.05) is 6.54 Å². The Morgan fingerprint density at radius 1 is 0.800 bits per heavy atom. The minimum absolute atomic E-state index is 0.236. The van der Waals surface area contributed by atoms with E-state index in [1.807, 2.05) is 36.4 Å². The van der Waals surface area contributed by atoms with Crippen LogP contribution >= 0.6 is 0 Å². The molecule has 0 saturated heterocycles. The normalized spacial score (nSPS) is 10.2. The van der Waals surface area contributed by atoms with Crippen LogP contribution in [0.25, 0.3) is 0 Å². The van der Waals surface area contributed by atoms with Crippen LogP contribution in [-0.2, 0) is 17.9 Å². The summed E-state index contributed by atoms with van der Waals surface area (Å²) in [5.41, 5.74) is 2.50. The second kappa shape index (κ2) is 10.1. The number of rotatable bonds is 8. The van der Waals surface area contributed by atoms with Gasteiger partial charge >= 0.3 is 5.97 Å². The Balaban J connectivity index is 1.69. The number of esters is 1. The van der Waals surface area contributed by atoms with Gasteiger partial charge in [0.15, 0.2) is 0 Å². The molecule has 0 fully saturated rings. The molecule has 1 N–H and O–H groups in total. The molecule has 30 heavy (non-hydrogen) atoms. The van der Waals surface area contributed by atoms with E-state index in [1.54, 1.807) is 36.4 Å². The zero-order chi connectivity index (χ0) is 21.3. The van der Waals surface area contributed by atoms with Crippen molar-refractivity contribution in [3.05, 3.63) is 95.1 Å². The molecule has 0 aliphatic heterocycles. The average molecular weight is 405 g/mol. The molecular weight excluding hydrogens is 382 g/mol. The van der Waals surface area contributed by atoms with Gasteiger partial charge in [0.2, 0.25) is 0 Å². The lowest BCUT2D eigenvalue weighted by molar-refractivity contribution is 0.0597. The van der Waals surface area contributed by atoms with E-state index in [4.69, 9.17) is 14.2 Å². The van der Waals surface area contributed by atoms with Crippen LogP contribution in [0, 0.1) is 0 Å². The van der Waals surface area contributed by atoms with Crippen molar-refractivity contribution in [2.45, 2.75) is 13.2 Å². The fourth-order valence-corrected chi connectivity index (χ4v) is 2.93. The second-order valence-electron chi connectivity index (χ2n) is 6.48. The van der Waals surface area contributed by atoms with Gasteiger partial charge in [0.25, 0.3) is 5.91 Å². The number of nitrogens with one attached hydrogen (secondary N) is 1. The van der Waals surface area contributed by atoms with Crippen molar-refractivity contribution in [2.24, 2.45) is 0 Å². The molecule has 0 spiro atoms. The van der Waals surface area contributed by atoms with Crippen LogP contribution < -0.4 is 14.8 Å². The van der Waals surface area contributed by atoms with Crippen molar-refractivity contribution in [1.82, 2.24) is 5.32 Å². The highest BCUT2D eigenvalue weighted by atomic mass is 16.5. The number of amides is 1. The van der Waals surface area contributed by atoms with Crippen molar-refractivity contribution >= 4 is 11.9 Å². The fourth-order valence-electron chi connectivity index (χ4n) is 2.93. The molecule has 0 heterocycles. The zero-order valence-electron chi connectivity index (χ0n) is 16.9.